The maximum atomic E-state index is 12.4. The SMILES string of the molecule is CC(=O)N1CCC(NC(=O)C2CCCCN2S(C)(=O)=O)CC1. The van der Waals surface area contributed by atoms with Crippen molar-refractivity contribution in [1.82, 2.24) is 14.5 Å². The van der Waals surface area contributed by atoms with Crippen molar-refractivity contribution in [3.8, 4) is 0 Å². The minimum atomic E-state index is -3.36. The molecule has 2 aliphatic rings. The van der Waals surface area contributed by atoms with E-state index in [1.165, 1.54) is 4.31 Å². The number of carbonyl (C=O) groups is 2. The molecule has 2 amide bonds. The van der Waals surface area contributed by atoms with Gasteiger partial charge in [0.15, 0.2) is 0 Å². The molecule has 0 bridgehead atoms. The summed E-state index contributed by atoms with van der Waals surface area (Å²) in [6, 6.07) is -0.568. The predicted octanol–water partition coefficient (Wildman–Crippen LogP) is -0.0724. The first-order chi connectivity index (χ1) is 10.3. The lowest BCUT2D eigenvalue weighted by molar-refractivity contribution is -0.130. The normalized spacial score (nSPS) is 25.0. The van der Waals surface area contributed by atoms with E-state index in [2.05, 4.69) is 5.32 Å². The zero-order valence-corrected chi connectivity index (χ0v) is 14.1. The summed E-state index contributed by atoms with van der Waals surface area (Å²) < 4.78 is 24.9. The maximum absolute atomic E-state index is 12.4. The Morgan fingerprint density at radius 2 is 1.68 bits per heavy atom. The number of hydrogen-bond acceptors (Lipinski definition) is 4. The second kappa shape index (κ2) is 6.95. The third kappa shape index (κ3) is 4.19. The summed E-state index contributed by atoms with van der Waals surface area (Å²) in [5.74, 6) is -0.147. The Morgan fingerprint density at radius 1 is 1.05 bits per heavy atom. The van der Waals surface area contributed by atoms with Crippen LogP contribution in [-0.2, 0) is 19.6 Å². The van der Waals surface area contributed by atoms with E-state index in [0.29, 0.717) is 26.1 Å². The number of likely N-dealkylation sites (tertiary alicyclic amines) is 1. The second-order valence-corrected chi connectivity index (χ2v) is 8.11. The molecule has 1 unspecified atom stereocenters. The molecule has 2 heterocycles. The minimum Gasteiger partial charge on any atom is -0.352 e. The van der Waals surface area contributed by atoms with Gasteiger partial charge in [-0.2, -0.15) is 4.31 Å². The van der Waals surface area contributed by atoms with Gasteiger partial charge in [0.25, 0.3) is 0 Å². The Balaban J connectivity index is 1.92. The predicted molar refractivity (Wildman–Crippen MR) is 82.6 cm³/mol. The van der Waals surface area contributed by atoms with Crippen LogP contribution in [0.3, 0.4) is 0 Å². The number of nitrogens with zero attached hydrogens (tertiary/aromatic N) is 2. The highest BCUT2D eigenvalue weighted by molar-refractivity contribution is 7.88. The molecular formula is C14H25N3O4S. The summed E-state index contributed by atoms with van der Waals surface area (Å²) in [5.41, 5.74) is 0. The van der Waals surface area contributed by atoms with Gasteiger partial charge < -0.3 is 10.2 Å². The molecule has 1 N–H and O–H groups in total. The Morgan fingerprint density at radius 3 is 2.23 bits per heavy atom. The van der Waals surface area contributed by atoms with E-state index < -0.39 is 16.1 Å². The van der Waals surface area contributed by atoms with Crippen molar-refractivity contribution in [1.29, 1.82) is 0 Å². The number of carbonyl (C=O) groups excluding carboxylic acids is 2. The van der Waals surface area contributed by atoms with Crippen LogP contribution in [0.1, 0.15) is 39.0 Å². The lowest BCUT2D eigenvalue weighted by Crippen LogP contribution is -2.55. The van der Waals surface area contributed by atoms with Crippen molar-refractivity contribution >= 4 is 21.8 Å². The topological polar surface area (TPSA) is 86.8 Å². The van der Waals surface area contributed by atoms with Gasteiger partial charge in [-0.25, -0.2) is 8.42 Å². The van der Waals surface area contributed by atoms with E-state index in [9.17, 15) is 18.0 Å². The van der Waals surface area contributed by atoms with Gasteiger partial charge in [0.2, 0.25) is 21.8 Å². The van der Waals surface area contributed by atoms with Gasteiger partial charge in [-0.05, 0) is 25.7 Å². The first kappa shape index (κ1) is 17.2. The Bertz CT molecular complexity index is 526. The van der Waals surface area contributed by atoms with Gasteiger partial charge in [-0.1, -0.05) is 6.42 Å². The van der Waals surface area contributed by atoms with Gasteiger partial charge in [-0.3, -0.25) is 9.59 Å². The van der Waals surface area contributed by atoms with Crippen LogP contribution in [0.5, 0.6) is 0 Å². The van der Waals surface area contributed by atoms with Crippen molar-refractivity contribution in [3.05, 3.63) is 0 Å². The van der Waals surface area contributed by atoms with Crippen molar-refractivity contribution in [2.24, 2.45) is 0 Å². The standard InChI is InChI=1S/C14H25N3O4S/c1-11(18)16-9-6-12(7-10-16)15-14(19)13-5-3-4-8-17(13)22(2,20)21/h12-13H,3-10H2,1-2H3,(H,15,19). The Hall–Kier alpha value is -1.15. The van der Waals surface area contributed by atoms with E-state index in [1.54, 1.807) is 11.8 Å². The van der Waals surface area contributed by atoms with Crippen LogP contribution in [0.25, 0.3) is 0 Å². The maximum Gasteiger partial charge on any atom is 0.238 e. The first-order valence-electron chi connectivity index (χ1n) is 7.81. The number of sulfonamides is 1. The summed E-state index contributed by atoms with van der Waals surface area (Å²) in [7, 11) is -3.36. The largest absolute Gasteiger partial charge is 0.352 e. The Kier molecular flexibility index (Phi) is 5.44. The van der Waals surface area contributed by atoms with Crippen LogP contribution in [0, 0.1) is 0 Å². The zero-order chi connectivity index (χ0) is 16.3. The van der Waals surface area contributed by atoms with Crippen LogP contribution < -0.4 is 5.32 Å². The molecule has 2 saturated heterocycles. The van der Waals surface area contributed by atoms with Crippen molar-refractivity contribution in [3.63, 3.8) is 0 Å². The molecule has 0 aliphatic carbocycles. The third-order valence-electron chi connectivity index (χ3n) is 4.47. The summed E-state index contributed by atoms with van der Waals surface area (Å²) in [6.45, 7) is 3.24. The van der Waals surface area contributed by atoms with Crippen LogP contribution in [0.4, 0.5) is 0 Å². The molecule has 8 heteroatoms. The third-order valence-corrected chi connectivity index (χ3v) is 5.76. The van der Waals surface area contributed by atoms with Gasteiger partial charge in [-0.15, -0.1) is 0 Å². The van der Waals surface area contributed by atoms with Crippen LogP contribution in [0.15, 0.2) is 0 Å². The molecule has 2 fully saturated rings. The molecule has 0 aromatic carbocycles. The number of piperidine rings is 2. The molecule has 0 spiro atoms. The van der Waals surface area contributed by atoms with E-state index in [4.69, 9.17) is 0 Å². The molecule has 1 atom stereocenters. The summed E-state index contributed by atoms with van der Waals surface area (Å²) in [5, 5.41) is 2.97. The number of amides is 2. The Labute approximate surface area is 132 Å². The highest BCUT2D eigenvalue weighted by Crippen LogP contribution is 2.21. The molecule has 0 aromatic heterocycles. The molecule has 126 valence electrons. The van der Waals surface area contributed by atoms with Crippen molar-refractivity contribution < 1.29 is 18.0 Å². The minimum absolute atomic E-state index is 0.0198. The lowest BCUT2D eigenvalue weighted by atomic mass is 10.0. The highest BCUT2D eigenvalue weighted by atomic mass is 32.2. The van der Waals surface area contributed by atoms with Crippen LogP contribution >= 0.6 is 0 Å². The monoisotopic (exact) mass is 331 g/mol. The van der Waals surface area contributed by atoms with Crippen LogP contribution in [-0.4, -0.2) is 67.4 Å². The van der Waals surface area contributed by atoms with E-state index in [1.807, 2.05) is 0 Å². The van der Waals surface area contributed by atoms with Crippen LogP contribution in [0.2, 0.25) is 0 Å². The number of hydrogen-bond donors (Lipinski definition) is 1. The molecule has 2 rings (SSSR count). The van der Waals surface area contributed by atoms with Crippen molar-refractivity contribution in [2.75, 3.05) is 25.9 Å². The molecule has 0 radical (unpaired) electrons. The molecular weight excluding hydrogens is 306 g/mol. The quantitative estimate of drug-likeness (QED) is 0.784. The van der Waals surface area contributed by atoms with E-state index in [-0.39, 0.29) is 17.9 Å². The fourth-order valence-electron chi connectivity index (χ4n) is 3.20. The fourth-order valence-corrected chi connectivity index (χ4v) is 4.32. The zero-order valence-electron chi connectivity index (χ0n) is 13.2. The highest BCUT2D eigenvalue weighted by Gasteiger charge is 2.35. The molecule has 7 nitrogen and oxygen atoms in total. The van der Waals surface area contributed by atoms with Crippen molar-refractivity contribution in [2.45, 2.75) is 51.1 Å². The first-order valence-corrected chi connectivity index (χ1v) is 9.66. The molecule has 22 heavy (non-hydrogen) atoms. The second-order valence-electron chi connectivity index (χ2n) is 6.17. The van der Waals surface area contributed by atoms with E-state index in [0.717, 1.165) is 31.9 Å². The number of rotatable bonds is 3. The average Bonchev–Trinajstić information content (AvgIpc) is 2.47. The van der Waals surface area contributed by atoms with E-state index >= 15 is 0 Å². The number of nitrogens with one attached hydrogen (secondary N) is 1. The van der Waals surface area contributed by atoms with Gasteiger partial charge in [0.05, 0.1) is 6.26 Å². The smallest absolute Gasteiger partial charge is 0.238 e. The summed E-state index contributed by atoms with van der Waals surface area (Å²) >= 11 is 0. The summed E-state index contributed by atoms with van der Waals surface area (Å²) in [4.78, 5) is 25.5. The molecule has 0 saturated carbocycles. The lowest BCUT2D eigenvalue weighted by Gasteiger charge is -2.36. The fraction of sp³-hybridized carbons (Fsp3) is 0.857. The summed E-state index contributed by atoms with van der Waals surface area (Å²) in [6.07, 6.45) is 4.84. The van der Waals surface area contributed by atoms with Gasteiger partial charge in [0.1, 0.15) is 6.04 Å². The van der Waals surface area contributed by atoms with Gasteiger partial charge in [0, 0.05) is 32.6 Å². The average molecular weight is 331 g/mol. The van der Waals surface area contributed by atoms with Gasteiger partial charge >= 0.3 is 0 Å². The molecule has 2 aliphatic heterocycles. The molecule has 0 aromatic rings.